The Morgan fingerprint density at radius 2 is 1.60 bits per heavy atom. The highest BCUT2D eigenvalue weighted by molar-refractivity contribution is 7.86. The van der Waals surface area contributed by atoms with Crippen LogP contribution in [0.15, 0.2) is 114 Å². The van der Waals surface area contributed by atoms with Crippen LogP contribution in [0.1, 0.15) is 54.1 Å². The van der Waals surface area contributed by atoms with E-state index in [0.29, 0.717) is 28.4 Å². The number of anilines is 3. The highest BCUT2D eigenvalue weighted by atomic mass is 32.2. The molecular weight excluding hydrogens is 663 g/mol. The van der Waals surface area contributed by atoms with Gasteiger partial charge in [-0.2, -0.15) is 8.78 Å². The second kappa shape index (κ2) is 16.4. The van der Waals surface area contributed by atoms with Crippen molar-refractivity contribution in [2.75, 3.05) is 27.6 Å². The molecule has 12 heteroatoms. The molecular formula is C38H38F2N4O5S. The SMILES string of the molecule is CCN(c1ccccc1)S(=O)c1cccc(NC(=O)N(Cc2ccc(C(=O)NCC(F)(F)C(=O)O)cc2)c2ccc(C3=CCCCC3)cc2)c1. The van der Waals surface area contributed by atoms with E-state index in [1.165, 1.54) is 29.0 Å². The zero-order chi connectivity index (χ0) is 35.7. The molecule has 3 N–H and O–H groups in total. The molecule has 1 atom stereocenters. The molecule has 260 valence electrons. The van der Waals surface area contributed by atoms with Crippen molar-refractivity contribution in [3.63, 3.8) is 0 Å². The van der Waals surface area contributed by atoms with Crippen molar-refractivity contribution in [3.8, 4) is 0 Å². The second-order valence-corrected chi connectivity index (χ2v) is 13.1. The van der Waals surface area contributed by atoms with Gasteiger partial charge in [-0.1, -0.05) is 54.6 Å². The van der Waals surface area contributed by atoms with E-state index in [9.17, 15) is 27.4 Å². The summed E-state index contributed by atoms with van der Waals surface area (Å²) in [5, 5.41) is 13.5. The van der Waals surface area contributed by atoms with Crippen LogP contribution in [0, 0.1) is 0 Å². The first-order valence-corrected chi connectivity index (χ1v) is 17.4. The van der Waals surface area contributed by atoms with Crippen molar-refractivity contribution in [2.45, 2.75) is 50.0 Å². The lowest BCUT2D eigenvalue weighted by molar-refractivity contribution is -0.163. The van der Waals surface area contributed by atoms with E-state index in [4.69, 9.17) is 5.11 Å². The van der Waals surface area contributed by atoms with Crippen LogP contribution < -0.4 is 19.8 Å². The van der Waals surface area contributed by atoms with Crippen LogP contribution in [-0.4, -0.2) is 46.2 Å². The van der Waals surface area contributed by atoms with E-state index >= 15 is 0 Å². The Balaban J connectivity index is 1.36. The average Bonchev–Trinajstić information content (AvgIpc) is 3.14. The first-order valence-electron chi connectivity index (χ1n) is 16.3. The third-order valence-electron chi connectivity index (χ3n) is 8.25. The molecule has 0 aliphatic heterocycles. The number of carbonyl (C=O) groups is 3. The lowest BCUT2D eigenvalue weighted by atomic mass is 9.93. The number of hydrogen-bond donors (Lipinski definition) is 3. The first-order chi connectivity index (χ1) is 24.1. The highest BCUT2D eigenvalue weighted by Gasteiger charge is 2.39. The van der Waals surface area contributed by atoms with Gasteiger partial charge in [-0.05, 0) is 104 Å². The Bertz CT molecular complexity index is 1870. The third-order valence-corrected chi connectivity index (χ3v) is 9.77. The molecule has 4 aromatic rings. The Kier molecular flexibility index (Phi) is 11.8. The second-order valence-electron chi connectivity index (χ2n) is 11.7. The van der Waals surface area contributed by atoms with Crippen molar-refractivity contribution in [1.82, 2.24) is 5.32 Å². The van der Waals surface area contributed by atoms with E-state index in [-0.39, 0.29) is 12.1 Å². The van der Waals surface area contributed by atoms with Crippen molar-refractivity contribution in [1.29, 1.82) is 0 Å². The maximum Gasteiger partial charge on any atom is 0.376 e. The lowest BCUT2D eigenvalue weighted by Crippen LogP contribution is -2.42. The number of carboxylic acids is 1. The topological polar surface area (TPSA) is 119 Å². The molecule has 50 heavy (non-hydrogen) atoms. The van der Waals surface area contributed by atoms with Gasteiger partial charge >= 0.3 is 17.9 Å². The summed E-state index contributed by atoms with van der Waals surface area (Å²) in [6.07, 6.45) is 6.57. The Morgan fingerprint density at radius 1 is 0.880 bits per heavy atom. The fourth-order valence-corrected chi connectivity index (χ4v) is 6.76. The summed E-state index contributed by atoms with van der Waals surface area (Å²) in [5.74, 6) is -7.28. The fourth-order valence-electron chi connectivity index (χ4n) is 5.54. The minimum absolute atomic E-state index is 0.0532. The van der Waals surface area contributed by atoms with Gasteiger partial charge in [-0.3, -0.25) is 14.0 Å². The summed E-state index contributed by atoms with van der Waals surface area (Å²) >= 11 is 0. The van der Waals surface area contributed by atoms with Crippen molar-refractivity contribution >= 4 is 51.5 Å². The van der Waals surface area contributed by atoms with Gasteiger partial charge < -0.3 is 15.7 Å². The Hall–Kier alpha value is -5.36. The minimum Gasteiger partial charge on any atom is -0.477 e. The molecule has 1 aliphatic carbocycles. The van der Waals surface area contributed by atoms with Crippen LogP contribution in [0.2, 0.25) is 0 Å². The molecule has 1 aliphatic rings. The van der Waals surface area contributed by atoms with Gasteiger partial charge in [0, 0.05) is 29.2 Å². The summed E-state index contributed by atoms with van der Waals surface area (Å²) in [5.41, 5.74) is 4.93. The van der Waals surface area contributed by atoms with Gasteiger partial charge in [0.25, 0.3) is 5.91 Å². The van der Waals surface area contributed by atoms with E-state index in [1.807, 2.05) is 66.8 Å². The summed E-state index contributed by atoms with van der Waals surface area (Å²) in [6.45, 7) is 1.17. The Labute approximate surface area is 292 Å². The minimum atomic E-state index is -4.10. The number of hydrogen-bond acceptors (Lipinski definition) is 4. The zero-order valence-electron chi connectivity index (χ0n) is 27.5. The van der Waals surface area contributed by atoms with Crippen LogP contribution in [-0.2, 0) is 22.3 Å². The largest absolute Gasteiger partial charge is 0.477 e. The standard InChI is InChI=1S/C38H38F2N4O5S/c1-2-44(33-13-7-4-8-14-33)50(49)34-15-9-12-31(24-34)42-37(48)43(32-22-20-29(21-23-32)28-10-5-3-6-11-28)25-27-16-18-30(19-17-27)35(45)41-26-38(39,40)36(46)47/h4,7-10,12-24H,2-3,5-6,11,25-26H2,1H3,(H,41,45)(H,42,48)(H,46,47). The average molecular weight is 701 g/mol. The first kappa shape index (κ1) is 35.9. The predicted molar refractivity (Wildman–Crippen MR) is 192 cm³/mol. The molecule has 0 heterocycles. The summed E-state index contributed by atoms with van der Waals surface area (Å²) in [6, 6.07) is 29.6. The number of carbonyl (C=O) groups excluding carboxylic acids is 2. The molecule has 0 bridgehead atoms. The van der Waals surface area contributed by atoms with Crippen molar-refractivity contribution in [3.05, 3.63) is 126 Å². The molecule has 9 nitrogen and oxygen atoms in total. The number of nitrogens with zero attached hydrogens (tertiary/aromatic N) is 2. The van der Waals surface area contributed by atoms with Crippen molar-refractivity contribution in [2.24, 2.45) is 0 Å². The molecule has 1 unspecified atom stereocenters. The maximum atomic E-state index is 13.9. The summed E-state index contributed by atoms with van der Waals surface area (Å²) in [4.78, 5) is 39.1. The molecule has 0 aromatic heterocycles. The van der Waals surface area contributed by atoms with E-state index in [0.717, 1.165) is 30.5 Å². The maximum absolute atomic E-state index is 13.9. The number of allylic oxidation sites excluding steroid dienone is 2. The predicted octanol–water partition coefficient (Wildman–Crippen LogP) is 7.88. The van der Waals surface area contributed by atoms with Crippen LogP contribution in [0.4, 0.5) is 30.6 Å². The Morgan fingerprint density at radius 3 is 2.24 bits per heavy atom. The number of urea groups is 1. The quantitative estimate of drug-likeness (QED) is 0.131. The normalized spacial score (nSPS) is 13.5. The fraction of sp³-hybridized carbons (Fsp3) is 0.237. The zero-order valence-corrected chi connectivity index (χ0v) is 28.3. The number of halogens is 2. The smallest absolute Gasteiger partial charge is 0.376 e. The van der Waals surface area contributed by atoms with E-state index in [1.54, 1.807) is 40.7 Å². The number of nitrogens with one attached hydrogen (secondary N) is 2. The molecule has 0 saturated carbocycles. The van der Waals surface area contributed by atoms with Gasteiger partial charge in [-0.25, -0.2) is 13.8 Å². The molecule has 3 amide bonds. The molecule has 0 fully saturated rings. The van der Waals surface area contributed by atoms with Crippen LogP contribution in [0.25, 0.3) is 5.57 Å². The number of benzene rings is 4. The van der Waals surface area contributed by atoms with Crippen molar-refractivity contribution < 1.29 is 32.5 Å². The molecule has 0 saturated heterocycles. The number of carboxylic acid groups (broad SMARTS) is 1. The third kappa shape index (κ3) is 9.00. The van der Waals surface area contributed by atoms with Crippen LogP contribution >= 0.6 is 0 Å². The lowest BCUT2D eigenvalue weighted by Gasteiger charge is -2.25. The van der Waals surface area contributed by atoms with E-state index < -0.39 is 41.4 Å². The van der Waals surface area contributed by atoms with Gasteiger partial charge in [0.1, 0.15) is 0 Å². The number of alkyl halides is 2. The monoisotopic (exact) mass is 700 g/mol. The number of rotatable bonds is 13. The molecule has 4 aromatic carbocycles. The number of aliphatic carboxylic acids is 1. The molecule has 5 rings (SSSR count). The van der Waals surface area contributed by atoms with Gasteiger partial charge in [0.05, 0.1) is 18.0 Å². The number of para-hydroxylation sites is 1. The van der Waals surface area contributed by atoms with Crippen LogP contribution in [0.5, 0.6) is 0 Å². The highest BCUT2D eigenvalue weighted by Crippen LogP contribution is 2.29. The number of amides is 3. The summed E-state index contributed by atoms with van der Waals surface area (Å²) < 4.78 is 42.3. The molecule has 0 radical (unpaired) electrons. The van der Waals surface area contributed by atoms with Gasteiger partial charge in [0.15, 0.2) is 11.0 Å². The van der Waals surface area contributed by atoms with Gasteiger partial charge in [-0.15, -0.1) is 0 Å². The van der Waals surface area contributed by atoms with Crippen LogP contribution in [0.3, 0.4) is 0 Å². The molecule has 0 spiro atoms. The summed E-state index contributed by atoms with van der Waals surface area (Å²) in [7, 11) is -1.54. The van der Waals surface area contributed by atoms with Gasteiger partial charge in [0.2, 0.25) is 0 Å². The van der Waals surface area contributed by atoms with E-state index in [2.05, 4.69) is 11.4 Å².